The molecule has 8 heavy (non-hydrogen) atoms. The molecule has 1 atom stereocenters. The molecule has 0 saturated carbocycles. The predicted molar refractivity (Wildman–Crippen MR) is 33.2 cm³/mol. The number of nitrogens with zero attached hydrogens (tertiary/aromatic N) is 1. The van der Waals surface area contributed by atoms with Crippen molar-refractivity contribution in [3.8, 4) is 0 Å². The number of carbonyl (C=O) groups excluding carboxylic acids is 1. The van der Waals surface area contributed by atoms with Gasteiger partial charge in [0.2, 0.25) is 6.08 Å². The summed E-state index contributed by atoms with van der Waals surface area (Å²) in [6.45, 7) is 1.91. The van der Waals surface area contributed by atoms with Gasteiger partial charge in [-0.05, 0) is 6.42 Å². The third-order valence-corrected chi connectivity index (χ3v) is 1.36. The fourth-order valence-corrected chi connectivity index (χ4v) is 0.808. The Labute approximate surface area is 51.3 Å². The topological polar surface area (TPSA) is 38.7 Å². The maximum absolute atomic E-state index is 9.58. The SMILES string of the molecule is CCC(N=C=O)O[SiH3]. The van der Waals surface area contributed by atoms with Crippen molar-refractivity contribution in [1.29, 1.82) is 0 Å². The molecule has 0 aliphatic heterocycles. The summed E-state index contributed by atoms with van der Waals surface area (Å²) in [4.78, 5) is 12.9. The Kier molecular flexibility index (Phi) is 4.45. The van der Waals surface area contributed by atoms with E-state index in [0.717, 1.165) is 6.42 Å². The van der Waals surface area contributed by atoms with Crippen molar-refractivity contribution in [1.82, 2.24) is 0 Å². The fraction of sp³-hybridized carbons (Fsp3) is 0.750. The molecule has 0 bridgehead atoms. The summed E-state index contributed by atoms with van der Waals surface area (Å²) in [5.41, 5.74) is 0. The Balaban J connectivity index is 3.52. The second-order valence-electron chi connectivity index (χ2n) is 1.32. The van der Waals surface area contributed by atoms with Gasteiger partial charge in [0, 0.05) is 0 Å². The molecule has 4 heteroatoms. The van der Waals surface area contributed by atoms with E-state index in [1.165, 1.54) is 6.08 Å². The maximum atomic E-state index is 9.58. The van der Waals surface area contributed by atoms with E-state index in [1.54, 1.807) is 0 Å². The highest BCUT2D eigenvalue weighted by Crippen LogP contribution is 1.93. The number of rotatable bonds is 3. The lowest BCUT2D eigenvalue weighted by atomic mass is 10.4. The largest absolute Gasteiger partial charge is 0.407 e. The maximum Gasteiger partial charge on any atom is 0.237 e. The molecule has 3 nitrogen and oxygen atoms in total. The summed E-state index contributed by atoms with van der Waals surface area (Å²) < 4.78 is 4.85. The van der Waals surface area contributed by atoms with Crippen LogP contribution in [0.3, 0.4) is 0 Å². The third kappa shape index (κ3) is 2.68. The predicted octanol–water partition coefficient (Wildman–Crippen LogP) is -0.645. The fourth-order valence-electron chi connectivity index (χ4n) is 0.369. The Bertz CT molecular complexity index is 96.2. The van der Waals surface area contributed by atoms with Crippen molar-refractivity contribution < 1.29 is 9.22 Å². The molecule has 0 N–H and O–H groups in total. The van der Waals surface area contributed by atoms with Crippen LogP contribution in [0.1, 0.15) is 13.3 Å². The van der Waals surface area contributed by atoms with Crippen LogP contribution in [-0.4, -0.2) is 22.8 Å². The van der Waals surface area contributed by atoms with Crippen molar-refractivity contribution in [3.05, 3.63) is 0 Å². The number of aliphatic imine (C=N–C) groups is 1. The lowest BCUT2D eigenvalue weighted by Gasteiger charge is -2.02. The van der Waals surface area contributed by atoms with Gasteiger partial charge >= 0.3 is 0 Å². The van der Waals surface area contributed by atoms with Crippen molar-refractivity contribution in [2.24, 2.45) is 4.99 Å². The molecule has 0 fully saturated rings. The number of hydrogen-bond donors (Lipinski definition) is 0. The van der Waals surface area contributed by atoms with Crippen molar-refractivity contribution in [2.75, 3.05) is 0 Å². The summed E-state index contributed by atoms with van der Waals surface area (Å²) in [6.07, 6.45) is 1.95. The molecule has 1 unspecified atom stereocenters. The van der Waals surface area contributed by atoms with Gasteiger partial charge in [-0.2, -0.15) is 4.99 Å². The second kappa shape index (κ2) is 4.71. The van der Waals surface area contributed by atoms with Crippen LogP contribution in [0.5, 0.6) is 0 Å². The highest BCUT2D eigenvalue weighted by Gasteiger charge is 1.95. The van der Waals surface area contributed by atoms with E-state index in [4.69, 9.17) is 4.43 Å². The number of hydrogen-bond acceptors (Lipinski definition) is 3. The van der Waals surface area contributed by atoms with Crippen molar-refractivity contribution in [3.63, 3.8) is 0 Å². The zero-order valence-electron chi connectivity index (χ0n) is 5.05. The Hall–Kier alpha value is -0.443. The van der Waals surface area contributed by atoms with Crippen LogP contribution in [0.2, 0.25) is 0 Å². The molecular formula is C4H9NO2Si. The minimum atomic E-state index is -0.237. The Morgan fingerprint density at radius 1 is 2.00 bits per heavy atom. The van der Waals surface area contributed by atoms with Gasteiger partial charge in [-0.25, -0.2) is 4.79 Å². The average molecular weight is 131 g/mol. The third-order valence-electron chi connectivity index (χ3n) is 0.818. The second-order valence-corrected chi connectivity index (χ2v) is 1.79. The molecule has 0 aromatic rings. The molecule has 0 rings (SSSR count). The van der Waals surface area contributed by atoms with Gasteiger partial charge in [-0.1, -0.05) is 6.92 Å². The van der Waals surface area contributed by atoms with Crippen LogP contribution in [0, 0.1) is 0 Å². The monoisotopic (exact) mass is 131 g/mol. The smallest absolute Gasteiger partial charge is 0.237 e. The standard InChI is InChI=1S/C4H9NO2Si/c1-2-4(7-8)5-3-6/h4H,2H2,1,8H3. The summed E-state index contributed by atoms with van der Waals surface area (Å²) in [6, 6.07) is 0. The molecule has 0 spiro atoms. The average Bonchev–Trinajstić information content (AvgIpc) is 1.83. The molecule has 0 radical (unpaired) electrons. The van der Waals surface area contributed by atoms with Crippen molar-refractivity contribution >= 4 is 16.6 Å². The van der Waals surface area contributed by atoms with Crippen LogP contribution in [0.25, 0.3) is 0 Å². The van der Waals surface area contributed by atoms with E-state index < -0.39 is 0 Å². The molecule has 0 aliphatic carbocycles. The van der Waals surface area contributed by atoms with Crippen LogP contribution in [0.4, 0.5) is 0 Å². The highest BCUT2D eigenvalue weighted by molar-refractivity contribution is 5.98. The van der Waals surface area contributed by atoms with Crippen LogP contribution < -0.4 is 0 Å². The van der Waals surface area contributed by atoms with Crippen LogP contribution in [-0.2, 0) is 9.22 Å². The molecule has 0 aromatic heterocycles. The lowest BCUT2D eigenvalue weighted by molar-refractivity contribution is 0.227. The van der Waals surface area contributed by atoms with Gasteiger partial charge in [-0.3, -0.25) is 0 Å². The summed E-state index contributed by atoms with van der Waals surface area (Å²) in [7, 11) is 0.623. The molecule has 0 heterocycles. The van der Waals surface area contributed by atoms with Gasteiger partial charge < -0.3 is 4.43 Å². The summed E-state index contributed by atoms with van der Waals surface area (Å²) >= 11 is 0. The summed E-state index contributed by atoms with van der Waals surface area (Å²) in [5.74, 6) is 0. The van der Waals surface area contributed by atoms with Gasteiger partial charge in [-0.15, -0.1) is 0 Å². The van der Waals surface area contributed by atoms with E-state index in [0.29, 0.717) is 10.5 Å². The zero-order valence-corrected chi connectivity index (χ0v) is 7.05. The van der Waals surface area contributed by atoms with Gasteiger partial charge in [0.05, 0.1) is 0 Å². The van der Waals surface area contributed by atoms with Crippen molar-refractivity contribution in [2.45, 2.75) is 19.6 Å². The molecule has 46 valence electrons. The molecule has 0 aliphatic rings. The Morgan fingerprint density at radius 2 is 2.62 bits per heavy atom. The minimum absolute atomic E-state index is 0.237. The molecular weight excluding hydrogens is 122 g/mol. The van der Waals surface area contributed by atoms with Gasteiger partial charge in [0.1, 0.15) is 16.7 Å². The van der Waals surface area contributed by atoms with Crippen LogP contribution >= 0.6 is 0 Å². The first-order chi connectivity index (χ1) is 3.85. The first kappa shape index (κ1) is 7.56. The first-order valence-electron chi connectivity index (χ1n) is 2.45. The first-order valence-corrected chi connectivity index (χ1v) is 3.26. The quantitative estimate of drug-likeness (QED) is 0.290. The molecule has 0 amide bonds. The van der Waals surface area contributed by atoms with E-state index in [9.17, 15) is 4.79 Å². The highest BCUT2D eigenvalue weighted by atomic mass is 28.2. The molecule has 0 saturated heterocycles. The van der Waals surface area contributed by atoms with E-state index in [-0.39, 0.29) is 6.23 Å². The molecule has 0 aromatic carbocycles. The normalized spacial score (nSPS) is 12.6. The van der Waals surface area contributed by atoms with Crippen LogP contribution in [0.15, 0.2) is 4.99 Å². The zero-order chi connectivity index (χ0) is 6.41. The van der Waals surface area contributed by atoms with E-state index in [2.05, 4.69) is 4.99 Å². The minimum Gasteiger partial charge on any atom is -0.407 e. The number of isocyanates is 1. The van der Waals surface area contributed by atoms with E-state index in [1.807, 2.05) is 6.92 Å². The van der Waals surface area contributed by atoms with Gasteiger partial charge in [0.15, 0.2) is 0 Å². The Morgan fingerprint density at radius 3 is 2.75 bits per heavy atom. The van der Waals surface area contributed by atoms with Gasteiger partial charge in [0.25, 0.3) is 0 Å². The van der Waals surface area contributed by atoms with E-state index >= 15 is 0 Å². The summed E-state index contributed by atoms with van der Waals surface area (Å²) in [5, 5.41) is 0. The lowest BCUT2D eigenvalue weighted by Crippen LogP contribution is -2.04.